The molecule has 114 valence electrons. The maximum Gasteiger partial charge on any atom is 0.320 e. The molecule has 3 nitrogen and oxygen atoms in total. The molecular formula is C17H22BrNO2. The number of fused-ring (bicyclic) bond motifs is 2. The smallest absolute Gasteiger partial charge is 0.320 e. The van der Waals surface area contributed by atoms with E-state index in [1.807, 2.05) is 6.92 Å². The van der Waals surface area contributed by atoms with Gasteiger partial charge in [0, 0.05) is 4.47 Å². The van der Waals surface area contributed by atoms with E-state index in [1.54, 1.807) is 5.56 Å². The van der Waals surface area contributed by atoms with Crippen LogP contribution in [0.5, 0.6) is 0 Å². The second kappa shape index (κ2) is 6.09. The Morgan fingerprint density at radius 3 is 2.81 bits per heavy atom. The molecule has 0 N–H and O–H groups in total. The summed E-state index contributed by atoms with van der Waals surface area (Å²) >= 11 is 3.57. The van der Waals surface area contributed by atoms with Gasteiger partial charge < -0.3 is 4.74 Å². The van der Waals surface area contributed by atoms with Crippen molar-refractivity contribution in [1.29, 1.82) is 0 Å². The Morgan fingerprint density at radius 2 is 2.10 bits per heavy atom. The van der Waals surface area contributed by atoms with Crippen molar-refractivity contribution in [3.05, 3.63) is 33.8 Å². The molecule has 3 rings (SSSR count). The molecule has 1 aliphatic carbocycles. The van der Waals surface area contributed by atoms with Crippen LogP contribution in [0.4, 0.5) is 0 Å². The number of esters is 1. The predicted octanol–water partition coefficient (Wildman–Crippen LogP) is 3.29. The van der Waals surface area contributed by atoms with E-state index in [-0.39, 0.29) is 5.97 Å². The van der Waals surface area contributed by atoms with Crippen molar-refractivity contribution < 1.29 is 9.53 Å². The number of halogens is 1. The van der Waals surface area contributed by atoms with E-state index in [1.165, 1.54) is 22.9 Å². The molecule has 1 fully saturated rings. The molecule has 0 atom stereocenters. The van der Waals surface area contributed by atoms with E-state index in [2.05, 4.69) is 39.0 Å². The Morgan fingerprint density at radius 1 is 1.33 bits per heavy atom. The van der Waals surface area contributed by atoms with Crippen molar-refractivity contribution in [3.8, 4) is 0 Å². The molecular weight excluding hydrogens is 330 g/mol. The van der Waals surface area contributed by atoms with Crippen LogP contribution < -0.4 is 0 Å². The number of ether oxygens (including phenoxy) is 1. The van der Waals surface area contributed by atoms with Gasteiger partial charge in [-0.1, -0.05) is 22.0 Å². The molecule has 1 aliphatic heterocycles. The monoisotopic (exact) mass is 351 g/mol. The Kier molecular flexibility index (Phi) is 4.36. The van der Waals surface area contributed by atoms with Gasteiger partial charge in [-0.2, -0.15) is 0 Å². The van der Waals surface area contributed by atoms with Gasteiger partial charge in [0.15, 0.2) is 0 Å². The van der Waals surface area contributed by atoms with Gasteiger partial charge in [-0.15, -0.1) is 0 Å². The third-order valence-corrected chi connectivity index (χ3v) is 5.48. The third kappa shape index (κ3) is 3.02. The average Bonchev–Trinajstić information content (AvgIpc) is 2.80. The van der Waals surface area contributed by atoms with E-state index in [0.29, 0.717) is 18.6 Å². The summed E-state index contributed by atoms with van der Waals surface area (Å²) in [5, 5.41) is 0. The summed E-state index contributed by atoms with van der Waals surface area (Å²) in [6, 6.07) is 6.74. The molecule has 1 aromatic rings. The fourth-order valence-corrected chi connectivity index (χ4v) is 4.25. The molecule has 0 bridgehead atoms. The quantitative estimate of drug-likeness (QED) is 0.782. The lowest BCUT2D eigenvalue weighted by atomic mass is 9.74. The number of nitrogens with zero attached hydrogens (tertiary/aromatic N) is 1. The molecule has 1 aromatic carbocycles. The molecule has 1 saturated heterocycles. The fourth-order valence-electron chi connectivity index (χ4n) is 3.84. The Bertz CT molecular complexity index is 536. The second-order valence-corrected chi connectivity index (χ2v) is 7.08. The number of rotatable bonds is 3. The minimum absolute atomic E-state index is 0.0933. The Labute approximate surface area is 134 Å². The predicted molar refractivity (Wildman–Crippen MR) is 86.4 cm³/mol. The molecule has 1 spiro atoms. The standard InChI is InChI=1S/C17H22BrNO2/c1-2-21-16(20)12-19-9-7-17(8-10-19)6-5-13-11-14(18)3-4-15(13)17/h3-4,11H,2,5-10,12H2,1H3. The van der Waals surface area contributed by atoms with Crippen molar-refractivity contribution in [1.82, 2.24) is 4.90 Å². The summed E-state index contributed by atoms with van der Waals surface area (Å²) in [5.41, 5.74) is 3.39. The van der Waals surface area contributed by atoms with Crippen LogP contribution in [0, 0.1) is 0 Å². The Hall–Kier alpha value is -0.870. The van der Waals surface area contributed by atoms with Crippen LogP contribution in [-0.4, -0.2) is 37.1 Å². The van der Waals surface area contributed by atoms with E-state index in [9.17, 15) is 4.79 Å². The molecule has 21 heavy (non-hydrogen) atoms. The first-order valence-corrected chi connectivity index (χ1v) is 8.59. The van der Waals surface area contributed by atoms with E-state index < -0.39 is 0 Å². The first-order valence-electron chi connectivity index (χ1n) is 7.80. The lowest BCUT2D eigenvalue weighted by Gasteiger charge is -2.39. The summed E-state index contributed by atoms with van der Waals surface area (Å²) in [5.74, 6) is -0.0933. The largest absolute Gasteiger partial charge is 0.465 e. The van der Waals surface area contributed by atoms with Crippen LogP contribution in [0.1, 0.15) is 37.3 Å². The van der Waals surface area contributed by atoms with Gasteiger partial charge in [0.2, 0.25) is 0 Å². The molecule has 0 unspecified atom stereocenters. The summed E-state index contributed by atoms with van der Waals surface area (Å²) in [6.07, 6.45) is 4.75. The number of carbonyl (C=O) groups excluding carboxylic acids is 1. The number of carbonyl (C=O) groups is 1. The normalized spacial score (nSPS) is 20.5. The maximum absolute atomic E-state index is 11.6. The first-order chi connectivity index (χ1) is 10.1. The lowest BCUT2D eigenvalue weighted by Crippen LogP contribution is -2.43. The van der Waals surface area contributed by atoms with Crippen molar-refractivity contribution in [3.63, 3.8) is 0 Å². The van der Waals surface area contributed by atoms with Gasteiger partial charge in [-0.3, -0.25) is 9.69 Å². The summed E-state index contributed by atoms with van der Waals surface area (Å²) < 4.78 is 6.22. The van der Waals surface area contributed by atoms with Gasteiger partial charge >= 0.3 is 5.97 Å². The molecule has 0 saturated carbocycles. The van der Waals surface area contributed by atoms with Crippen LogP contribution in [0.2, 0.25) is 0 Å². The number of likely N-dealkylation sites (tertiary alicyclic amines) is 1. The van der Waals surface area contributed by atoms with E-state index >= 15 is 0 Å². The lowest BCUT2D eigenvalue weighted by molar-refractivity contribution is -0.144. The van der Waals surface area contributed by atoms with Crippen LogP contribution in [-0.2, 0) is 21.4 Å². The number of hydrogen-bond acceptors (Lipinski definition) is 3. The summed E-state index contributed by atoms with van der Waals surface area (Å²) in [7, 11) is 0. The Balaban J connectivity index is 1.65. The molecule has 2 aliphatic rings. The van der Waals surface area contributed by atoms with Crippen LogP contribution in [0.3, 0.4) is 0 Å². The zero-order valence-electron chi connectivity index (χ0n) is 12.5. The highest BCUT2D eigenvalue weighted by Crippen LogP contribution is 2.46. The number of piperidine rings is 1. The van der Waals surface area contributed by atoms with E-state index in [0.717, 1.165) is 25.9 Å². The highest BCUT2D eigenvalue weighted by Gasteiger charge is 2.41. The van der Waals surface area contributed by atoms with Crippen molar-refractivity contribution in [2.24, 2.45) is 0 Å². The zero-order valence-corrected chi connectivity index (χ0v) is 14.1. The molecule has 0 radical (unpaired) electrons. The molecule has 0 aromatic heterocycles. The maximum atomic E-state index is 11.6. The summed E-state index contributed by atoms with van der Waals surface area (Å²) in [4.78, 5) is 13.8. The average molecular weight is 352 g/mol. The van der Waals surface area contributed by atoms with Gasteiger partial charge in [0.1, 0.15) is 0 Å². The molecule has 1 heterocycles. The minimum Gasteiger partial charge on any atom is -0.465 e. The summed E-state index contributed by atoms with van der Waals surface area (Å²) in [6.45, 7) is 4.76. The minimum atomic E-state index is -0.0933. The van der Waals surface area contributed by atoms with Crippen molar-refractivity contribution >= 4 is 21.9 Å². The third-order valence-electron chi connectivity index (χ3n) is 4.98. The van der Waals surface area contributed by atoms with Gasteiger partial charge in [-0.25, -0.2) is 0 Å². The SMILES string of the molecule is CCOC(=O)CN1CCC2(CCc3cc(Br)ccc32)CC1. The van der Waals surface area contributed by atoms with Crippen LogP contribution in [0.25, 0.3) is 0 Å². The first kappa shape index (κ1) is 15.0. The van der Waals surface area contributed by atoms with Gasteiger partial charge in [0.25, 0.3) is 0 Å². The van der Waals surface area contributed by atoms with Crippen molar-refractivity contribution in [2.75, 3.05) is 26.2 Å². The van der Waals surface area contributed by atoms with Gasteiger partial charge in [-0.05, 0) is 74.4 Å². The number of aryl methyl sites for hydroxylation is 1. The number of hydrogen-bond donors (Lipinski definition) is 0. The molecule has 4 heteroatoms. The van der Waals surface area contributed by atoms with Crippen LogP contribution >= 0.6 is 15.9 Å². The fraction of sp³-hybridized carbons (Fsp3) is 0.588. The van der Waals surface area contributed by atoms with Crippen LogP contribution in [0.15, 0.2) is 22.7 Å². The van der Waals surface area contributed by atoms with Gasteiger partial charge in [0.05, 0.1) is 13.2 Å². The molecule has 0 amide bonds. The topological polar surface area (TPSA) is 29.5 Å². The zero-order chi connectivity index (χ0) is 14.9. The number of benzene rings is 1. The highest BCUT2D eigenvalue weighted by molar-refractivity contribution is 9.10. The highest BCUT2D eigenvalue weighted by atomic mass is 79.9. The van der Waals surface area contributed by atoms with Crippen molar-refractivity contribution in [2.45, 2.75) is 38.0 Å². The second-order valence-electron chi connectivity index (χ2n) is 6.16. The van der Waals surface area contributed by atoms with E-state index in [4.69, 9.17) is 4.74 Å².